The Bertz CT molecular complexity index is 676. The van der Waals surface area contributed by atoms with Crippen molar-refractivity contribution >= 4 is 16.9 Å². The van der Waals surface area contributed by atoms with Crippen LogP contribution in [0, 0.1) is 0 Å². The summed E-state index contributed by atoms with van der Waals surface area (Å²) in [5.74, 6) is 0.409. The number of hydrogen-bond donors (Lipinski definition) is 2. The van der Waals surface area contributed by atoms with Crippen molar-refractivity contribution in [3.8, 4) is 5.88 Å². The number of aryl methyl sites for hydroxylation is 1. The van der Waals surface area contributed by atoms with Gasteiger partial charge in [-0.3, -0.25) is 4.79 Å². The van der Waals surface area contributed by atoms with E-state index < -0.39 is 0 Å². The highest BCUT2D eigenvalue weighted by atomic mass is 16.5. The van der Waals surface area contributed by atoms with Crippen molar-refractivity contribution < 1.29 is 9.53 Å². The maximum atomic E-state index is 12.5. The number of amides is 1. The van der Waals surface area contributed by atoms with Crippen LogP contribution in [0.1, 0.15) is 30.3 Å². The van der Waals surface area contributed by atoms with Crippen molar-refractivity contribution in [3.63, 3.8) is 0 Å². The number of nitrogens with one attached hydrogen (secondary N) is 2. The molecule has 0 saturated carbocycles. The summed E-state index contributed by atoms with van der Waals surface area (Å²) in [5.41, 5.74) is 1.08. The van der Waals surface area contributed by atoms with Crippen LogP contribution in [0.2, 0.25) is 0 Å². The summed E-state index contributed by atoms with van der Waals surface area (Å²) in [6, 6.07) is 3.83. The van der Waals surface area contributed by atoms with Crippen molar-refractivity contribution in [3.05, 3.63) is 17.8 Å². The zero-order valence-electron chi connectivity index (χ0n) is 12.9. The molecule has 0 bridgehead atoms. The molecule has 118 valence electrons. The van der Waals surface area contributed by atoms with Crippen LogP contribution in [0.3, 0.4) is 0 Å². The van der Waals surface area contributed by atoms with E-state index >= 15 is 0 Å². The molecule has 22 heavy (non-hydrogen) atoms. The third-order valence-corrected chi connectivity index (χ3v) is 3.84. The molecular weight excluding hydrogens is 282 g/mol. The van der Waals surface area contributed by atoms with Crippen LogP contribution in [-0.2, 0) is 7.05 Å². The van der Waals surface area contributed by atoms with Gasteiger partial charge in [0.2, 0.25) is 5.88 Å². The molecule has 0 atom stereocenters. The molecule has 1 saturated heterocycles. The molecule has 0 unspecified atom stereocenters. The lowest BCUT2D eigenvalue weighted by Gasteiger charge is -2.23. The first-order chi connectivity index (χ1) is 10.7. The Kier molecular flexibility index (Phi) is 4.24. The summed E-state index contributed by atoms with van der Waals surface area (Å²) in [5, 5.41) is 11.4. The number of pyridine rings is 1. The number of rotatable bonds is 4. The number of ether oxygens (including phenoxy) is 1. The summed E-state index contributed by atoms with van der Waals surface area (Å²) in [7, 11) is 1.78. The van der Waals surface area contributed by atoms with Crippen molar-refractivity contribution in [1.82, 2.24) is 25.4 Å². The SMILES string of the molecule is CCOc1ccc2c(C(=O)NC3CCNCC3)nn(C)c2n1. The van der Waals surface area contributed by atoms with Crippen molar-refractivity contribution in [1.29, 1.82) is 0 Å². The minimum atomic E-state index is -0.136. The number of piperidine rings is 1. The Hall–Kier alpha value is -2.15. The van der Waals surface area contributed by atoms with Crippen LogP contribution in [0.25, 0.3) is 11.0 Å². The van der Waals surface area contributed by atoms with E-state index in [1.165, 1.54) is 0 Å². The molecule has 0 radical (unpaired) electrons. The Morgan fingerprint density at radius 2 is 2.23 bits per heavy atom. The summed E-state index contributed by atoms with van der Waals surface area (Å²) in [4.78, 5) is 16.9. The first kappa shape index (κ1) is 14.8. The van der Waals surface area contributed by atoms with E-state index in [4.69, 9.17) is 4.74 Å². The molecule has 7 nitrogen and oxygen atoms in total. The van der Waals surface area contributed by atoms with Crippen LogP contribution in [0.4, 0.5) is 0 Å². The third kappa shape index (κ3) is 2.89. The highest BCUT2D eigenvalue weighted by molar-refractivity contribution is 6.04. The van der Waals surface area contributed by atoms with Crippen molar-refractivity contribution in [2.45, 2.75) is 25.8 Å². The van der Waals surface area contributed by atoms with Crippen LogP contribution in [0.15, 0.2) is 12.1 Å². The van der Waals surface area contributed by atoms with E-state index in [0.29, 0.717) is 23.8 Å². The van der Waals surface area contributed by atoms with Gasteiger partial charge in [0.1, 0.15) is 0 Å². The summed E-state index contributed by atoms with van der Waals surface area (Å²) in [6.45, 7) is 4.34. The first-order valence-electron chi connectivity index (χ1n) is 7.67. The molecular formula is C15H21N5O2. The molecule has 0 aliphatic carbocycles. The summed E-state index contributed by atoms with van der Waals surface area (Å²) in [6.07, 6.45) is 1.90. The molecule has 2 N–H and O–H groups in total. The van der Waals surface area contributed by atoms with E-state index in [1.54, 1.807) is 17.8 Å². The van der Waals surface area contributed by atoms with Crippen LogP contribution in [0.5, 0.6) is 5.88 Å². The van der Waals surface area contributed by atoms with E-state index in [1.807, 2.05) is 13.0 Å². The predicted octanol–water partition coefficient (Wildman–Crippen LogP) is 0.849. The van der Waals surface area contributed by atoms with Gasteiger partial charge >= 0.3 is 0 Å². The molecule has 1 aliphatic heterocycles. The monoisotopic (exact) mass is 303 g/mol. The van der Waals surface area contributed by atoms with Crippen molar-refractivity contribution in [2.75, 3.05) is 19.7 Å². The Labute approximate surface area is 129 Å². The Morgan fingerprint density at radius 3 is 2.95 bits per heavy atom. The number of fused-ring (bicyclic) bond motifs is 1. The standard InChI is InChI=1S/C15H21N5O2/c1-3-22-12-5-4-11-13(19-20(2)14(11)18-12)15(21)17-10-6-8-16-9-7-10/h4-5,10,16H,3,6-9H2,1-2H3,(H,17,21). The van der Waals surface area contributed by atoms with E-state index in [2.05, 4.69) is 20.7 Å². The molecule has 3 rings (SSSR count). The topological polar surface area (TPSA) is 81.1 Å². The highest BCUT2D eigenvalue weighted by Crippen LogP contribution is 2.20. The smallest absolute Gasteiger partial charge is 0.272 e. The second-order valence-electron chi connectivity index (χ2n) is 5.42. The molecule has 1 fully saturated rings. The molecule has 2 aromatic rings. The second-order valence-corrected chi connectivity index (χ2v) is 5.42. The molecule has 1 aliphatic rings. The fourth-order valence-corrected chi connectivity index (χ4v) is 2.73. The van der Waals surface area contributed by atoms with Gasteiger partial charge in [0.05, 0.1) is 12.0 Å². The van der Waals surface area contributed by atoms with Gasteiger partial charge in [-0.25, -0.2) is 4.68 Å². The largest absolute Gasteiger partial charge is 0.478 e. The lowest BCUT2D eigenvalue weighted by Crippen LogP contribution is -2.42. The fourth-order valence-electron chi connectivity index (χ4n) is 2.73. The van der Waals surface area contributed by atoms with E-state index in [-0.39, 0.29) is 11.9 Å². The molecule has 1 amide bonds. The summed E-state index contributed by atoms with van der Waals surface area (Å²) < 4.78 is 7.02. The van der Waals surface area contributed by atoms with Crippen LogP contribution >= 0.6 is 0 Å². The van der Waals surface area contributed by atoms with Gasteiger partial charge in [0, 0.05) is 19.2 Å². The van der Waals surface area contributed by atoms with Gasteiger partial charge in [0.15, 0.2) is 11.3 Å². The van der Waals surface area contributed by atoms with Gasteiger partial charge in [-0.05, 0) is 38.9 Å². The van der Waals surface area contributed by atoms with Crippen LogP contribution < -0.4 is 15.4 Å². The van der Waals surface area contributed by atoms with Crippen LogP contribution in [-0.4, -0.2) is 46.4 Å². The number of hydrogen-bond acceptors (Lipinski definition) is 5. The predicted molar refractivity (Wildman–Crippen MR) is 83.0 cm³/mol. The zero-order valence-corrected chi connectivity index (χ0v) is 12.9. The normalized spacial score (nSPS) is 15.9. The fraction of sp³-hybridized carbons (Fsp3) is 0.533. The average Bonchev–Trinajstić information content (AvgIpc) is 2.86. The van der Waals surface area contributed by atoms with E-state index in [0.717, 1.165) is 31.3 Å². The first-order valence-corrected chi connectivity index (χ1v) is 7.67. The average molecular weight is 303 g/mol. The highest BCUT2D eigenvalue weighted by Gasteiger charge is 2.21. The Balaban J connectivity index is 1.85. The van der Waals surface area contributed by atoms with Gasteiger partial charge in [-0.2, -0.15) is 10.1 Å². The Morgan fingerprint density at radius 1 is 1.45 bits per heavy atom. The maximum absolute atomic E-state index is 12.5. The molecule has 2 aromatic heterocycles. The van der Waals surface area contributed by atoms with Gasteiger partial charge in [-0.1, -0.05) is 0 Å². The number of nitrogens with zero attached hydrogens (tertiary/aromatic N) is 3. The number of carbonyl (C=O) groups excluding carboxylic acids is 1. The molecule has 0 spiro atoms. The lowest BCUT2D eigenvalue weighted by atomic mass is 10.1. The minimum absolute atomic E-state index is 0.136. The van der Waals surface area contributed by atoms with Gasteiger partial charge < -0.3 is 15.4 Å². The van der Waals surface area contributed by atoms with Gasteiger partial charge in [-0.15, -0.1) is 0 Å². The zero-order chi connectivity index (χ0) is 15.5. The third-order valence-electron chi connectivity index (χ3n) is 3.84. The number of aromatic nitrogens is 3. The maximum Gasteiger partial charge on any atom is 0.272 e. The summed E-state index contributed by atoms with van der Waals surface area (Å²) >= 11 is 0. The van der Waals surface area contributed by atoms with Crippen molar-refractivity contribution in [2.24, 2.45) is 7.05 Å². The number of carbonyl (C=O) groups is 1. The van der Waals surface area contributed by atoms with Gasteiger partial charge in [0.25, 0.3) is 5.91 Å². The minimum Gasteiger partial charge on any atom is -0.478 e. The second kappa shape index (κ2) is 6.31. The molecule has 7 heteroatoms. The van der Waals surface area contributed by atoms with E-state index in [9.17, 15) is 4.79 Å². The lowest BCUT2D eigenvalue weighted by molar-refractivity contribution is 0.0925. The quantitative estimate of drug-likeness (QED) is 0.875. The molecule has 0 aromatic carbocycles. The molecule has 3 heterocycles.